The predicted molar refractivity (Wildman–Crippen MR) is 96.1 cm³/mol. The van der Waals surface area contributed by atoms with Gasteiger partial charge in [0.1, 0.15) is 6.10 Å². The third-order valence-corrected chi connectivity index (χ3v) is 4.80. The molecule has 1 unspecified atom stereocenters. The molecule has 1 aromatic carbocycles. The van der Waals surface area contributed by atoms with Crippen LogP contribution in [0.15, 0.2) is 24.3 Å². The molecule has 128 valence electrons. The second-order valence-electron chi connectivity index (χ2n) is 6.77. The van der Waals surface area contributed by atoms with Crippen LogP contribution in [0.25, 0.3) is 0 Å². The molecular formula is C21H32O2. The van der Waals surface area contributed by atoms with Gasteiger partial charge in [-0.1, -0.05) is 89.0 Å². The van der Waals surface area contributed by atoms with Crippen LogP contribution >= 0.6 is 0 Å². The molecular weight excluding hydrogens is 284 g/mol. The molecule has 0 amide bonds. The molecule has 1 aliphatic carbocycles. The van der Waals surface area contributed by atoms with Gasteiger partial charge >= 0.3 is 0 Å². The molecule has 0 saturated heterocycles. The number of carbonyl (C=O) groups is 1. The topological polar surface area (TPSA) is 26.3 Å². The number of hydrogen-bond acceptors (Lipinski definition) is 2. The maximum atomic E-state index is 12.2. The molecule has 0 spiro atoms. The van der Waals surface area contributed by atoms with Gasteiger partial charge in [-0.2, -0.15) is 0 Å². The predicted octanol–water partition coefficient (Wildman–Crippen LogP) is 5.73. The minimum atomic E-state index is -0.231. The summed E-state index contributed by atoms with van der Waals surface area (Å²) in [5.74, 6) is 0.174. The SMILES string of the molecule is CCCCCCCCCCCCOC1Cc2ccccc2C1=O. The van der Waals surface area contributed by atoms with Crippen LogP contribution in [0.2, 0.25) is 0 Å². The van der Waals surface area contributed by atoms with Gasteiger partial charge in [-0.05, 0) is 12.0 Å². The Bertz CT molecular complexity index is 467. The zero-order chi connectivity index (χ0) is 16.3. The molecule has 0 saturated carbocycles. The Morgan fingerprint density at radius 3 is 2.17 bits per heavy atom. The molecule has 1 aromatic rings. The fourth-order valence-electron chi connectivity index (χ4n) is 3.35. The molecule has 2 heteroatoms. The van der Waals surface area contributed by atoms with Crippen molar-refractivity contribution in [2.24, 2.45) is 0 Å². The van der Waals surface area contributed by atoms with Crippen LogP contribution in [0, 0.1) is 0 Å². The summed E-state index contributed by atoms with van der Waals surface area (Å²) >= 11 is 0. The highest BCUT2D eigenvalue weighted by Gasteiger charge is 2.30. The van der Waals surface area contributed by atoms with Crippen molar-refractivity contribution in [3.63, 3.8) is 0 Å². The van der Waals surface area contributed by atoms with Crippen LogP contribution in [0.3, 0.4) is 0 Å². The van der Waals surface area contributed by atoms with Gasteiger partial charge in [0.05, 0.1) is 0 Å². The highest BCUT2D eigenvalue weighted by molar-refractivity contribution is 6.03. The van der Waals surface area contributed by atoms with Gasteiger partial charge in [-0.15, -0.1) is 0 Å². The second kappa shape index (κ2) is 10.6. The lowest BCUT2D eigenvalue weighted by Crippen LogP contribution is -2.20. The van der Waals surface area contributed by atoms with Crippen molar-refractivity contribution in [3.05, 3.63) is 35.4 Å². The maximum absolute atomic E-state index is 12.2. The number of rotatable bonds is 12. The van der Waals surface area contributed by atoms with Crippen LogP contribution in [-0.4, -0.2) is 18.5 Å². The molecule has 0 radical (unpaired) electrons. The number of fused-ring (bicyclic) bond motifs is 1. The van der Waals surface area contributed by atoms with E-state index in [0.717, 1.165) is 30.6 Å². The monoisotopic (exact) mass is 316 g/mol. The lowest BCUT2D eigenvalue weighted by molar-refractivity contribution is 0.0440. The number of ether oxygens (including phenoxy) is 1. The van der Waals surface area contributed by atoms with Crippen LogP contribution < -0.4 is 0 Å². The molecule has 2 nitrogen and oxygen atoms in total. The standard InChI is InChI=1S/C21H32O2/c1-2-3-4-5-6-7-8-9-10-13-16-23-20-17-18-14-11-12-15-19(18)21(20)22/h11-12,14-15,20H,2-10,13,16-17H2,1H3. The summed E-state index contributed by atoms with van der Waals surface area (Å²) in [6.45, 7) is 2.99. The Balaban J connectivity index is 1.45. The van der Waals surface area contributed by atoms with Crippen LogP contribution in [0.4, 0.5) is 0 Å². The van der Waals surface area contributed by atoms with Crippen molar-refractivity contribution in [3.8, 4) is 0 Å². The van der Waals surface area contributed by atoms with Gasteiger partial charge in [0.15, 0.2) is 5.78 Å². The molecule has 1 aliphatic rings. The summed E-state index contributed by atoms with van der Waals surface area (Å²) in [6.07, 6.45) is 13.8. The number of unbranched alkanes of at least 4 members (excludes halogenated alkanes) is 9. The van der Waals surface area contributed by atoms with E-state index in [1.54, 1.807) is 0 Å². The Hall–Kier alpha value is -1.15. The summed E-state index contributed by atoms with van der Waals surface area (Å²) in [5.41, 5.74) is 2.01. The van der Waals surface area contributed by atoms with Crippen molar-refractivity contribution >= 4 is 5.78 Å². The summed E-state index contributed by atoms with van der Waals surface area (Å²) in [4.78, 5) is 12.2. The first-order chi connectivity index (χ1) is 11.3. The van der Waals surface area contributed by atoms with Gasteiger partial charge in [0, 0.05) is 18.6 Å². The maximum Gasteiger partial charge on any atom is 0.192 e. The van der Waals surface area contributed by atoms with Crippen LogP contribution in [0.1, 0.15) is 87.1 Å². The van der Waals surface area contributed by atoms with E-state index >= 15 is 0 Å². The molecule has 2 rings (SSSR count). The second-order valence-corrected chi connectivity index (χ2v) is 6.77. The third-order valence-electron chi connectivity index (χ3n) is 4.80. The van der Waals surface area contributed by atoms with E-state index in [2.05, 4.69) is 6.92 Å². The smallest absolute Gasteiger partial charge is 0.192 e. The first-order valence-corrected chi connectivity index (χ1v) is 9.56. The van der Waals surface area contributed by atoms with Gasteiger partial charge in [-0.25, -0.2) is 0 Å². The van der Waals surface area contributed by atoms with E-state index in [1.165, 1.54) is 57.8 Å². The van der Waals surface area contributed by atoms with Crippen molar-refractivity contribution in [1.82, 2.24) is 0 Å². The van der Waals surface area contributed by atoms with E-state index < -0.39 is 0 Å². The van der Waals surface area contributed by atoms with Crippen molar-refractivity contribution in [1.29, 1.82) is 0 Å². The molecule has 0 aromatic heterocycles. The van der Waals surface area contributed by atoms with E-state index in [0.29, 0.717) is 0 Å². The van der Waals surface area contributed by atoms with Crippen LogP contribution in [-0.2, 0) is 11.2 Å². The summed E-state index contributed by atoms with van der Waals surface area (Å²) in [6, 6.07) is 7.89. The van der Waals surface area contributed by atoms with E-state index in [-0.39, 0.29) is 11.9 Å². The number of benzene rings is 1. The molecule has 23 heavy (non-hydrogen) atoms. The van der Waals surface area contributed by atoms with E-state index in [9.17, 15) is 4.79 Å². The first kappa shape index (κ1) is 18.2. The Morgan fingerprint density at radius 2 is 1.52 bits per heavy atom. The third kappa shape index (κ3) is 6.10. The minimum Gasteiger partial charge on any atom is -0.370 e. The molecule has 0 fully saturated rings. The van der Waals surface area contributed by atoms with Crippen molar-refractivity contribution < 1.29 is 9.53 Å². The molecule has 0 N–H and O–H groups in total. The molecule has 0 aliphatic heterocycles. The van der Waals surface area contributed by atoms with Gasteiger partial charge in [-0.3, -0.25) is 4.79 Å². The van der Waals surface area contributed by atoms with Crippen LogP contribution in [0.5, 0.6) is 0 Å². The quantitative estimate of drug-likeness (QED) is 0.460. The zero-order valence-corrected chi connectivity index (χ0v) is 14.7. The number of Topliss-reactive ketones (excluding diaryl/α,β-unsaturated/α-hetero) is 1. The minimum absolute atomic E-state index is 0.174. The fourth-order valence-corrected chi connectivity index (χ4v) is 3.35. The number of carbonyl (C=O) groups excluding carboxylic acids is 1. The molecule has 1 atom stereocenters. The average Bonchev–Trinajstić information content (AvgIpc) is 2.89. The van der Waals surface area contributed by atoms with Gasteiger partial charge in [0.2, 0.25) is 0 Å². The van der Waals surface area contributed by atoms with Crippen molar-refractivity contribution in [2.45, 2.75) is 83.7 Å². The first-order valence-electron chi connectivity index (χ1n) is 9.56. The van der Waals surface area contributed by atoms with Gasteiger partial charge < -0.3 is 4.74 Å². The molecule has 0 heterocycles. The zero-order valence-electron chi connectivity index (χ0n) is 14.7. The summed E-state index contributed by atoms with van der Waals surface area (Å²) < 4.78 is 5.82. The van der Waals surface area contributed by atoms with Crippen molar-refractivity contribution in [2.75, 3.05) is 6.61 Å². The Kier molecular flexibility index (Phi) is 8.38. The average molecular weight is 316 g/mol. The Morgan fingerprint density at radius 1 is 0.913 bits per heavy atom. The highest BCUT2D eigenvalue weighted by Crippen LogP contribution is 2.24. The Labute approximate surface area is 141 Å². The number of hydrogen-bond donors (Lipinski definition) is 0. The van der Waals surface area contributed by atoms with Gasteiger partial charge in [0.25, 0.3) is 0 Å². The number of ketones is 1. The molecule has 0 bridgehead atoms. The fraction of sp³-hybridized carbons (Fsp3) is 0.667. The summed E-state index contributed by atoms with van der Waals surface area (Å²) in [7, 11) is 0. The normalized spacial score (nSPS) is 16.7. The van der Waals surface area contributed by atoms with E-state index in [1.807, 2.05) is 24.3 Å². The highest BCUT2D eigenvalue weighted by atomic mass is 16.5. The summed E-state index contributed by atoms with van der Waals surface area (Å²) in [5, 5.41) is 0. The van der Waals surface area contributed by atoms with E-state index in [4.69, 9.17) is 4.74 Å². The lowest BCUT2D eigenvalue weighted by atomic mass is 10.1. The largest absolute Gasteiger partial charge is 0.370 e. The lowest BCUT2D eigenvalue weighted by Gasteiger charge is -2.09.